The lowest BCUT2D eigenvalue weighted by atomic mass is 9.90. The first kappa shape index (κ1) is 18.1. The predicted octanol–water partition coefficient (Wildman–Crippen LogP) is 2.51. The second-order valence-corrected chi connectivity index (χ2v) is 7.60. The Morgan fingerprint density at radius 2 is 2.04 bits per heavy atom. The number of piperazine rings is 1. The molecule has 0 spiro atoms. The van der Waals surface area contributed by atoms with Crippen LogP contribution in [-0.4, -0.2) is 60.0 Å². The first-order chi connectivity index (χ1) is 13.3. The number of nitrogens with one attached hydrogen (secondary N) is 1. The molecule has 2 saturated heterocycles. The fourth-order valence-corrected chi connectivity index (χ4v) is 4.10. The second kappa shape index (κ2) is 8.63. The zero-order valence-corrected chi connectivity index (χ0v) is 15.8. The van der Waals surface area contributed by atoms with E-state index in [1.54, 1.807) is 6.20 Å². The van der Waals surface area contributed by atoms with Gasteiger partial charge in [-0.25, -0.2) is 0 Å². The van der Waals surface area contributed by atoms with Crippen molar-refractivity contribution in [3.63, 3.8) is 0 Å². The summed E-state index contributed by atoms with van der Waals surface area (Å²) in [5.41, 5.74) is 3.35. The number of aromatic nitrogens is 1. The normalized spacial score (nSPS) is 21.2. The topological polar surface area (TPSA) is 48.5 Å². The maximum Gasteiger partial charge on any atom is 0.253 e. The van der Waals surface area contributed by atoms with Crippen molar-refractivity contribution in [3.05, 3.63) is 65.5 Å². The molecule has 1 unspecified atom stereocenters. The standard InChI is InChI=1S/C22H28N4O/c27-22(20-6-1-5-19(14-20)21-7-3-9-24-16-21)26-12-10-25(11-13-26)17-18-4-2-8-23-15-18/h1-2,4-6,8,14-15,21,24H,3,7,9-13,16-17H2. The molecule has 1 aromatic carbocycles. The van der Waals surface area contributed by atoms with Crippen LogP contribution in [0, 0.1) is 0 Å². The number of pyridine rings is 1. The monoisotopic (exact) mass is 364 g/mol. The Balaban J connectivity index is 1.35. The molecule has 0 bridgehead atoms. The van der Waals surface area contributed by atoms with Crippen LogP contribution >= 0.6 is 0 Å². The van der Waals surface area contributed by atoms with Crippen LogP contribution in [0.15, 0.2) is 48.8 Å². The van der Waals surface area contributed by atoms with Crippen molar-refractivity contribution < 1.29 is 4.79 Å². The summed E-state index contributed by atoms with van der Waals surface area (Å²) in [5, 5.41) is 3.46. The van der Waals surface area contributed by atoms with Gasteiger partial charge in [0.1, 0.15) is 0 Å². The van der Waals surface area contributed by atoms with Crippen LogP contribution in [0.3, 0.4) is 0 Å². The molecule has 5 heteroatoms. The SMILES string of the molecule is O=C(c1cccc(C2CCCNC2)c1)N1CCN(Cc2cccnc2)CC1. The minimum atomic E-state index is 0.168. The van der Waals surface area contributed by atoms with Crippen LogP contribution in [0.5, 0.6) is 0 Å². The lowest BCUT2D eigenvalue weighted by molar-refractivity contribution is 0.0628. The average Bonchev–Trinajstić information content (AvgIpc) is 2.75. The van der Waals surface area contributed by atoms with Gasteiger partial charge in [-0.1, -0.05) is 18.2 Å². The third kappa shape index (κ3) is 4.54. The molecule has 2 aliphatic rings. The molecule has 1 aromatic heterocycles. The molecule has 27 heavy (non-hydrogen) atoms. The van der Waals surface area contributed by atoms with E-state index >= 15 is 0 Å². The number of benzene rings is 1. The first-order valence-electron chi connectivity index (χ1n) is 10.0. The molecule has 1 atom stereocenters. The summed E-state index contributed by atoms with van der Waals surface area (Å²) >= 11 is 0. The van der Waals surface area contributed by atoms with Crippen LogP contribution in [0.1, 0.15) is 40.2 Å². The van der Waals surface area contributed by atoms with Crippen LogP contribution in [0.2, 0.25) is 0 Å². The molecule has 0 radical (unpaired) electrons. The summed E-state index contributed by atoms with van der Waals surface area (Å²) in [4.78, 5) is 21.6. The molecule has 2 aliphatic heterocycles. The fraction of sp³-hybridized carbons (Fsp3) is 0.455. The lowest BCUT2D eigenvalue weighted by Gasteiger charge is -2.35. The third-order valence-corrected chi connectivity index (χ3v) is 5.69. The van der Waals surface area contributed by atoms with E-state index in [0.29, 0.717) is 5.92 Å². The Morgan fingerprint density at radius 1 is 1.15 bits per heavy atom. The molecule has 0 saturated carbocycles. The molecule has 3 heterocycles. The first-order valence-corrected chi connectivity index (χ1v) is 10.0. The van der Waals surface area contributed by atoms with E-state index < -0.39 is 0 Å². The number of piperidine rings is 1. The molecule has 4 rings (SSSR count). The maximum atomic E-state index is 13.0. The van der Waals surface area contributed by atoms with Crippen molar-refractivity contribution in [3.8, 4) is 0 Å². The molecular weight excluding hydrogens is 336 g/mol. The van der Waals surface area contributed by atoms with Gasteiger partial charge in [0, 0.05) is 57.2 Å². The number of nitrogens with zero attached hydrogens (tertiary/aromatic N) is 3. The minimum Gasteiger partial charge on any atom is -0.336 e. The molecule has 0 aliphatic carbocycles. The van der Waals surface area contributed by atoms with Gasteiger partial charge in [0.05, 0.1) is 0 Å². The van der Waals surface area contributed by atoms with Gasteiger partial charge < -0.3 is 10.2 Å². The minimum absolute atomic E-state index is 0.168. The van der Waals surface area contributed by atoms with E-state index in [9.17, 15) is 4.79 Å². The van der Waals surface area contributed by atoms with Gasteiger partial charge in [-0.3, -0.25) is 14.7 Å². The molecule has 2 aromatic rings. The summed E-state index contributed by atoms with van der Waals surface area (Å²) in [7, 11) is 0. The van der Waals surface area contributed by atoms with E-state index in [4.69, 9.17) is 0 Å². The van der Waals surface area contributed by atoms with Crippen molar-refractivity contribution in [2.45, 2.75) is 25.3 Å². The van der Waals surface area contributed by atoms with Crippen LogP contribution in [-0.2, 0) is 6.54 Å². The molecule has 2 fully saturated rings. The van der Waals surface area contributed by atoms with Gasteiger partial charge in [-0.2, -0.15) is 0 Å². The Hall–Kier alpha value is -2.24. The van der Waals surface area contributed by atoms with Gasteiger partial charge in [0.25, 0.3) is 5.91 Å². The zero-order chi connectivity index (χ0) is 18.5. The highest BCUT2D eigenvalue weighted by atomic mass is 16.2. The van der Waals surface area contributed by atoms with Gasteiger partial charge in [-0.15, -0.1) is 0 Å². The van der Waals surface area contributed by atoms with Crippen molar-refractivity contribution in [2.24, 2.45) is 0 Å². The van der Waals surface area contributed by atoms with Crippen LogP contribution < -0.4 is 5.32 Å². The van der Waals surface area contributed by atoms with E-state index in [-0.39, 0.29) is 5.91 Å². The summed E-state index contributed by atoms with van der Waals surface area (Å²) in [6, 6.07) is 12.4. The van der Waals surface area contributed by atoms with Crippen molar-refractivity contribution in [1.82, 2.24) is 20.1 Å². The summed E-state index contributed by atoms with van der Waals surface area (Å²) < 4.78 is 0. The Morgan fingerprint density at radius 3 is 2.78 bits per heavy atom. The molecule has 1 N–H and O–H groups in total. The summed E-state index contributed by atoms with van der Waals surface area (Å²) in [5.74, 6) is 0.699. The number of hydrogen-bond acceptors (Lipinski definition) is 4. The highest BCUT2D eigenvalue weighted by molar-refractivity contribution is 5.94. The van der Waals surface area contributed by atoms with Gasteiger partial charge in [-0.05, 0) is 54.6 Å². The van der Waals surface area contributed by atoms with Gasteiger partial charge in [0.15, 0.2) is 0 Å². The molecule has 142 valence electrons. The smallest absolute Gasteiger partial charge is 0.253 e. The van der Waals surface area contributed by atoms with Crippen molar-refractivity contribution >= 4 is 5.91 Å². The Labute approximate surface area is 161 Å². The van der Waals surface area contributed by atoms with Gasteiger partial charge >= 0.3 is 0 Å². The third-order valence-electron chi connectivity index (χ3n) is 5.69. The van der Waals surface area contributed by atoms with Crippen LogP contribution in [0.4, 0.5) is 0 Å². The maximum absolute atomic E-state index is 13.0. The van der Waals surface area contributed by atoms with Crippen molar-refractivity contribution in [1.29, 1.82) is 0 Å². The number of rotatable bonds is 4. The second-order valence-electron chi connectivity index (χ2n) is 7.60. The fourth-order valence-electron chi connectivity index (χ4n) is 4.10. The Bertz CT molecular complexity index is 750. The summed E-state index contributed by atoms with van der Waals surface area (Å²) in [6.45, 7) is 6.42. The van der Waals surface area contributed by atoms with E-state index in [1.807, 2.05) is 29.3 Å². The molecular formula is C22H28N4O. The van der Waals surface area contributed by atoms with Crippen molar-refractivity contribution in [2.75, 3.05) is 39.3 Å². The Kier molecular flexibility index (Phi) is 5.80. The number of amides is 1. The summed E-state index contributed by atoms with van der Waals surface area (Å²) in [6.07, 6.45) is 6.14. The highest BCUT2D eigenvalue weighted by Crippen LogP contribution is 2.24. The number of carbonyl (C=O) groups is 1. The molecule has 5 nitrogen and oxygen atoms in total. The number of hydrogen-bond donors (Lipinski definition) is 1. The zero-order valence-electron chi connectivity index (χ0n) is 15.8. The number of carbonyl (C=O) groups excluding carboxylic acids is 1. The molecule has 1 amide bonds. The average molecular weight is 364 g/mol. The largest absolute Gasteiger partial charge is 0.336 e. The van der Waals surface area contributed by atoms with E-state index in [0.717, 1.165) is 51.4 Å². The quantitative estimate of drug-likeness (QED) is 0.906. The highest BCUT2D eigenvalue weighted by Gasteiger charge is 2.23. The van der Waals surface area contributed by atoms with Gasteiger partial charge in [0.2, 0.25) is 0 Å². The van der Waals surface area contributed by atoms with Crippen LogP contribution in [0.25, 0.3) is 0 Å². The lowest BCUT2D eigenvalue weighted by Crippen LogP contribution is -2.48. The van der Waals surface area contributed by atoms with E-state index in [2.05, 4.69) is 33.4 Å². The predicted molar refractivity (Wildman–Crippen MR) is 107 cm³/mol. The van der Waals surface area contributed by atoms with E-state index in [1.165, 1.54) is 24.0 Å².